The average molecular weight is 506 g/mol. The van der Waals surface area contributed by atoms with Crippen LogP contribution in [0.5, 0.6) is 0 Å². The molecule has 1 rings (SSSR count). The second-order valence-electron chi connectivity index (χ2n) is 10.8. The number of benzene rings is 1. The van der Waals surface area contributed by atoms with Crippen LogP contribution in [-0.4, -0.2) is 47.8 Å². The van der Waals surface area contributed by atoms with Gasteiger partial charge in [0, 0.05) is 20.3 Å². The van der Waals surface area contributed by atoms with E-state index in [1.807, 2.05) is 14.2 Å². The van der Waals surface area contributed by atoms with E-state index in [0.717, 1.165) is 12.5 Å². The van der Waals surface area contributed by atoms with Crippen molar-refractivity contribution in [2.75, 3.05) is 28.3 Å². The fourth-order valence-electron chi connectivity index (χ4n) is 5.34. The summed E-state index contributed by atoms with van der Waals surface area (Å²) in [5.41, 5.74) is 0. The SMILES string of the molecule is CCCCCCCCCCCCCCCCCC(CCC[Si](OC)(OC)c1ccccc1)N(C)C. The van der Waals surface area contributed by atoms with Gasteiger partial charge >= 0.3 is 8.56 Å². The monoisotopic (exact) mass is 505 g/mol. The minimum atomic E-state index is -2.31. The van der Waals surface area contributed by atoms with Crippen molar-refractivity contribution in [3.05, 3.63) is 30.3 Å². The minimum Gasteiger partial charge on any atom is -0.394 e. The first kappa shape index (κ1) is 32.3. The molecular formula is C31H59NO2Si. The van der Waals surface area contributed by atoms with Gasteiger partial charge in [0.15, 0.2) is 0 Å². The summed E-state index contributed by atoms with van der Waals surface area (Å²) in [5, 5.41) is 1.24. The summed E-state index contributed by atoms with van der Waals surface area (Å²) in [6.07, 6.45) is 25.1. The van der Waals surface area contributed by atoms with Crippen molar-refractivity contribution < 1.29 is 8.85 Å². The largest absolute Gasteiger partial charge is 0.394 e. The highest BCUT2D eigenvalue weighted by Gasteiger charge is 2.37. The smallest absolute Gasteiger partial charge is 0.371 e. The van der Waals surface area contributed by atoms with E-state index >= 15 is 0 Å². The van der Waals surface area contributed by atoms with E-state index in [9.17, 15) is 0 Å². The standard InChI is InChI=1S/C31H59NO2Si/c1-6-7-8-9-10-11-12-13-14-15-16-17-18-19-21-25-30(32(2)3)26-24-29-35(33-4,34-5)31-27-22-20-23-28-31/h20,22-23,27-28,30H,6-19,21,24-26,29H2,1-5H3. The maximum atomic E-state index is 6.01. The molecule has 1 unspecified atom stereocenters. The molecule has 0 fully saturated rings. The Labute approximate surface area is 220 Å². The molecule has 4 heteroatoms. The average Bonchev–Trinajstić information content (AvgIpc) is 2.88. The van der Waals surface area contributed by atoms with Crippen molar-refractivity contribution in [1.29, 1.82) is 0 Å². The molecular weight excluding hydrogens is 446 g/mol. The van der Waals surface area contributed by atoms with Crippen LogP contribution in [0.15, 0.2) is 30.3 Å². The Morgan fingerprint density at radius 1 is 0.629 bits per heavy atom. The third-order valence-electron chi connectivity index (χ3n) is 7.79. The summed E-state index contributed by atoms with van der Waals surface area (Å²) >= 11 is 0. The number of hydrogen-bond acceptors (Lipinski definition) is 3. The van der Waals surface area contributed by atoms with Gasteiger partial charge < -0.3 is 13.8 Å². The summed E-state index contributed by atoms with van der Waals surface area (Å²) in [6, 6.07) is 12.3. The molecule has 35 heavy (non-hydrogen) atoms. The highest BCUT2D eigenvalue weighted by atomic mass is 28.4. The number of hydrogen-bond donors (Lipinski definition) is 0. The molecule has 0 bridgehead atoms. The first-order chi connectivity index (χ1) is 17.1. The lowest BCUT2D eigenvalue weighted by Crippen LogP contribution is -2.52. The van der Waals surface area contributed by atoms with Crippen LogP contribution in [0.4, 0.5) is 0 Å². The molecule has 0 aromatic heterocycles. The van der Waals surface area contributed by atoms with Crippen molar-refractivity contribution in [2.24, 2.45) is 0 Å². The van der Waals surface area contributed by atoms with Crippen LogP contribution in [0.25, 0.3) is 0 Å². The number of nitrogens with zero attached hydrogens (tertiary/aromatic N) is 1. The van der Waals surface area contributed by atoms with E-state index in [0.29, 0.717) is 6.04 Å². The van der Waals surface area contributed by atoms with Crippen molar-refractivity contribution in [3.63, 3.8) is 0 Å². The summed E-state index contributed by atoms with van der Waals surface area (Å²) in [4.78, 5) is 2.43. The normalized spacial score (nSPS) is 13.0. The summed E-state index contributed by atoms with van der Waals surface area (Å²) in [6.45, 7) is 2.30. The van der Waals surface area contributed by atoms with Crippen LogP contribution in [-0.2, 0) is 8.85 Å². The second-order valence-corrected chi connectivity index (χ2v) is 14.2. The highest BCUT2D eigenvalue weighted by Crippen LogP contribution is 2.21. The Hall–Kier alpha value is -0.683. The Balaban J connectivity index is 2.11. The van der Waals surface area contributed by atoms with Crippen molar-refractivity contribution >= 4 is 13.7 Å². The zero-order valence-corrected chi connectivity index (χ0v) is 25.2. The van der Waals surface area contributed by atoms with E-state index in [-0.39, 0.29) is 0 Å². The molecule has 0 saturated carbocycles. The van der Waals surface area contributed by atoms with Gasteiger partial charge in [-0.15, -0.1) is 0 Å². The van der Waals surface area contributed by atoms with E-state index < -0.39 is 8.56 Å². The Kier molecular flexibility index (Phi) is 19.8. The van der Waals surface area contributed by atoms with E-state index in [2.05, 4.69) is 56.3 Å². The van der Waals surface area contributed by atoms with E-state index in [4.69, 9.17) is 8.85 Å². The van der Waals surface area contributed by atoms with Crippen LogP contribution in [0.3, 0.4) is 0 Å². The van der Waals surface area contributed by atoms with E-state index in [1.54, 1.807) is 0 Å². The molecule has 204 valence electrons. The van der Waals surface area contributed by atoms with Crippen molar-refractivity contribution in [1.82, 2.24) is 4.90 Å². The molecule has 1 aromatic rings. The molecule has 3 nitrogen and oxygen atoms in total. The van der Waals surface area contributed by atoms with Gasteiger partial charge in [-0.1, -0.05) is 134 Å². The van der Waals surface area contributed by atoms with Crippen molar-refractivity contribution in [2.45, 2.75) is 135 Å². The molecule has 0 spiro atoms. The van der Waals surface area contributed by atoms with Gasteiger partial charge in [0.05, 0.1) is 0 Å². The molecule has 0 aliphatic carbocycles. The van der Waals surface area contributed by atoms with Crippen LogP contribution in [0, 0.1) is 0 Å². The van der Waals surface area contributed by atoms with Crippen LogP contribution < -0.4 is 5.19 Å². The van der Waals surface area contributed by atoms with Gasteiger partial charge in [0.1, 0.15) is 0 Å². The van der Waals surface area contributed by atoms with E-state index in [1.165, 1.54) is 114 Å². The Morgan fingerprint density at radius 2 is 1.06 bits per heavy atom. The van der Waals surface area contributed by atoms with Crippen LogP contribution >= 0.6 is 0 Å². The zero-order valence-electron chi connectivity index (χ0n) is 24.2. The molecule has 0 saturated heterocycles. The predicted octanol–water partition coefficient (Wildman–Crippen LogP) is 8.60. The summed E-state index contributed by atoms with van der Waals surface area (Å²) < 4.78 is 12.0. The predicted molar refractivity (Wildman–Crippen MR) is 157 cm³/mol. The molecule has 0 heterocycles. The first-order valence-corrected chi connectivity index (χ1v) is 16.9. The topological polar surface area (TPSA) is 21.7 Å². The molecule has 1 atom stereocenters. The molecule has 1 aromatic carbocycles. The van der Waals surface area contributed by atoms with Crippen LogP contribution in [0.1, 0.15) is 122 Å². The zero-order chi connectivity index (χ0) is 25.6. The number of unbranched alkanes of at least 4 members (excludes halogenated alkanes) is 14. The van der Waals surface area contributed by atoms with Crippen LogP contribution in [0.2, 0.25) is 6.04 Å². The second kappa shape index (κ2) is 21.4. The quantitative estimate of drug-likeness (QED) is 0.104. The lowest BCUT2D eigenvalue weighted by atomic mass is 10.0. The van der Waals surface area contributed by atoms with Gasteiger partial charge in [-0.2, -0.15) is 0 Å². The highest BCUT2D eigenvalue weighted by molar-refractivity contribution is 6.81. The maximum absolute atomic E-state index is 6.01. The van der Waals surface area contributed by atoms with Crippen molar-refractivity contribution in [3.8, 4) is 0 Å². The molecule has 0 N–H and O–H groups in total. The summed E-state index contributed by atoms with van der Waals surface area (Å²) in [5.74, 6) is 0. The lowest BCUT2D eigenvalue weighted by molar-refractivity contribution is 0.240. The Bertz CT molecular complexity index is 577. The van der Waals surface area contributed by atoms with Gasteiger partial charge in [0.2, 0.25) is 0 Å². The fraction of sp³-hybridized carbons (Fsp3) is 0.806. The summed E-state index contributed by atoms with van der Waals surface area (Å²) in [7, 11) is 5.81. The van der Waals surface area contributed by atoms with Gasteiger partial charge in [0.25, 0.3) is 0 Å². The van der Waals surface area contributed by atoms with Gasteiger partial charge in [-0.3, -0.25) is 0 Å². The minimum absolute atomic E-state index is 0.660. The molecule has 0 aliphatic rings. The Morgan fingerprint density at radius 3 is 1.49 bits per heavy atom. The third-order valence-corrected chi connectivity index (χ3v) is 11.3. The first-order valence-electron chi connectivity index (χ1n) is 14.9. The molecule has 0 aliphatic heterocycles. The molecule has 0 radical (unpaired) electrons. The van der Waals surface area contributed by atoms with Gasteiger partial charge in [-0.05, 0) is 44.6 Å². The molecule has 0 amide bonds. The number of rotatable bonds is 24. The maximum Gasteiger partial charge on any atom is 0.371 e. The fourth-order valence-corrected chi connectivity index (χ4v) is 8.05. The lowest BCUT2D eigenvalue weighted by Gasteiger charge is -2.30. The van der Waals surface area contributed by atoms with Gasteiger partial charge in [-0.25, -0.2) is 0 Å². The third kappa shape index (κ3) is 14.6.